The van der Waals surface area contributed by atoms with Gasteiger partial charge in [0.05, 0.1) is 12.1 Å². The number of aromatic nitrogens is 4. The summed E-state index contributed by atoms with van der Waals surface area (Å²) in [4.78, 5) is 8.36. The molecule has 1 saturated carbocycles. The van der Waals surface area contributed by atoms with Crippen LogP contribution in [-0.4, -0.2) is 32.9 Å². The Morgan fingerprint density at radius 1 is 1.10 bits per heavy atom. The molecule has 5 nitrogen and oxygen atoms in total. The van der Waals surface area contributed by atoms with Crippen molar-refractivity contribution in [1.82, 2.24) is 20.2 Å². The lowest BCUT2D eigenvalue weighted by atomic mass is 9.66. The highest BCUT2D eigenvalue weighted by Crippen LogP contribution is 2.43. The van der Waals surface area contributed by atoms with Gasteiger partial charge in [-0.15, -0.1) is 21.5 Å². The lowest BCUT2D eigenvalue weighted by Crippen LogP contribution is -2.42. The van der Waals surface area contributed by atoms with Crippen LogP contribution in [0, 0.1) is 5.82 Å². The molecule has 0 bridgehead atoms. The number of halogens is 4. The van der Waals surface area contributed by atoms with E-state index in [0.29, 0.717) is 28.8 Å². The van der Waals surface area contributed by atoms with Crippen LogP contribution in [0.15, 0.2) is 36.7 Å². The van der Waals surface area contributed by atoms with Gasteiger partial charge in [0.2, 0.25) is 0 Å². The molecule has 0 spiro atoms. The molecule has 1 N–H and O–H groups in total. The molecule has 0 atom stereocenters. The molecule has 0 saturated heterocycles. The fourth-order valence-corrected chi connectivity index (χ4v) is 4.29. The van der Waals surface area contributed by atoms with Crippen molar-refractivity contribution in [3.8, 4) is 10.7 Å². The fraction of sp³-hybridized carbons (Fsp3) is 0.368. The first-order valence-electron chi connectivity index (χ1n) is 9.05. The molecule has 1 aliphatic rings. The Hall–Kier alpha value is -2.62. The van der Waals surface area contributed by atoms with Crippen molar-refractivity contribution in [3.63, 3.8) is 0 Å². The number of alkyl halides is 3. The summed E-state index contributed by atoms with van der Waals surface area (Å²) >= 11 is 0.944. The van der Waals surface area contributed by atoms with E-state index in [4.69, 9.17) is 0 Å². The maximum Gasteiger partial charge on any atom is 0.393 e. The number of rotatable bonds is 6. The largest absolute Gasteiger partial charge is 0.393 e. The predicted molar refractivity (Wildman–Crippen MR) is 101 cm³/mol. The minimum Gasteiger partial charge on any atom is -0.368 e. The van der Waals surface area contributed by atoms with Crippen LogP contribution >= 0.6 is 11.3 Å². The summed E-state index contributed by atoms with van der Waals surface area (Å²) in [5.41, 5.74) is 0.499. The van der Waals surface area contributed by atoms with Crippen LogP contribution in [0.1, 0.15) is 29.8 Å². The molecule has 0 aliphatic heterocycles. The second-order valence-electron chi connectivity index (χ2n) is 7.05. The van der Waals surface area contributed by atoms with Gasteiger partial charge in [0.25, 0.3) is 0 Å². The van der Waals surface area contributed by atoms with Crippen LogP contribution in [0.2, 0.25) is 0 Å². The van der Waals surface area contributed by atoms with Gasteiger partial charge in [-0.05, 0) is 37.1 Å². The normalized spacial score (nSPS) is 15.7. The van der Waals surface area contributed by atoms with Gasteiger partial charge in [0, 0.05) is 29.2 Å². The van der Waals surface area contributed by atoms with Crippen LogP contribution in [0.25, 0.3) is 10.7 Å². The molecule has 3 aromatic heterocycles. The van der Waals surface area contributed by atoms with E-state index in [-0.39, 0.29) is 16.1 Å². The molecule has 29 heavy (non-hydrogen) atoms. The van der Waals surface area contributed by atoms with Gasteiger partial charge in [0.1, 0.15) is 22.3 Å². The molecule has 152 valence electrons. The molecule has 1 fully saturated rings. The maximum atomic E-state index is 14.2. The number of nitrogens with one attached hydrogen (secondary N) is 1. The summed E-state index contributed by atoms with van der Waals surface area (Å²) in [7, 11) is 0. The van der Waals surface area contributed by atoms with Crippen molar-refractivity contribution < 1.29 is 17.6 Å². The lowest BCUT2D eigenvalue weighted by molar-refractivity contribution is -0.126. The lowest BCUT2D eigenvalue weighted by Gasteiger charge is -2.41. The Balaban J connectivity index is 1.43. The summed E-state index contributed by atoms with van der Waals surface area (Å²) in [5.74, 6) is 0.192. The van der Waals surface area contributed by atoms with E-state index in [0.717, 1.165) is 30.6 Å². The zero-order chi connectivity index (χ0) is 20.5. The third kappa shape index (κ3) is 4.36. The Bertz CT molecular complexity index is 983. The number of thiazole rings is 1. The van der Waals surface area contributed by atoms with Crippen LogP contribution in [-0.2, 0) is 11.8 Å². The van der Waals surface area contributed by atoms with Crippen molar-refractivity contribution in [1.29, 1.82) is 0 Å². The van der Waals surface area contributed by atoms with Gasteiger partial charge in [-0.2, -0.15) is 13.2 Å². The van der Waals surface area contributed by atoms with E-state index in [1.807, 2.05) is 0 Å². The second-order valence-corrected chi connectivity index (χ2v) is 8.16. The summed E-state index contributed by atoms with van der Waals surface area (Å²) in [6.07, 6.45) is 0.197. The van der Waals surface area contributed by atoms with Crippen LogP contribution in [0.4, 0.5) is 23.4 Å². The third-order valence-electron chi connectivity index (χ3n) is 4.99. The smallest absolute Gasteiger partial charge is 0.368 e. The summed E-state index contributed by atoms with van der Waals surface area (Å²) in [5, 5.41) is 11.7. The van der Waals surface area contributed by atoms with E-state index < -0.39 is 12.6 Å². The number of nitrogens with zero attached hydrogens (tertiary/aromatic N) is 4. The number of hydrogen-bond donors (Lipinski definition) is 1. The Labute approximate surface area is 168 Å². The number of pyridine rings is 1. The molecule has 1 aliphatic carbocycles. The Kier molecular flexibility index (Phi) is 5.20. The Morgan fingerprint density at radius 2 is 1.93 bits per heavy atom. The van der Waals surface area contributed by atoms with Gasteiger partial charge >= 0.3 is 6.18 Å². The molecular formula is C19H17F4N5S. The standard InChI is InChI=1S/C19H17F4N5S/c20-13-3-1-8-24-16(13)18(6-2-7-18)11-26-15-5-4-14(27-28-15)17-25-10-12(29-17)9-19(21,22)23/h1,3-5,8,10H,2,6-7,9,11H2,(H,26,28). The minimum atomic E-state index is -4.27. The average Bonchev–Trinajstić information content (AvgIpc) is 3.09. The first kappa shape index (κ1) is 19.7. The summed E-state index contributed by atoms with van der Waals surface area (Å²) in [6, 6.07) is 6.33. The SMILES string of the molecule is Fc1cccnc1C1(CNc2ccc(-c3ncc(CC(F)(F)F)s3)nn2)CCC1. The maximum absolute atomic E-state index is 14.2. The first-order valence-corrected chi connectivity index (χ1v) is 9.87. The molecule has 0 unspecified atom stereocenters. The van der Waals surface area contributed by atoms with E-state index in [1.54, 1.807) is 24.4 Å². The highest BCUT2D eigenvalue weighted by atomic mass is 32.1. The van der Waals surface area contributed by atoms with Gasteiger partial charge in [-0.25, -0.2) is 9.37 Å². The monoisotopic (exact) mass is 423 g/mol. The van der Waals surface area contributed by atoms with Crippen molar-refractivity contribution in [2.45, 2.75) is 37.3 Å². The molecular weight excluding hydrogens is 406 g/mol. The van der Waals surface area contributed by atoms with Crippen LogP contribution in [0.5, 0.6) is 0 Å². The third-order valence-corrected chi connectivity index (χ3v) is 6.01. The highest BCUT2D eigenvalue weighted by molar-refractivity contribution is 7.15. The van der Waals surface area contributed by atoms with E-state index >= 15 is 0 Å². The average molecular weight is 423 g/mol. The van der Waals surface area contributed by atoms with Crippen molar-refractivity contribution in [2.24, 2.45) is 0 Å². The zero-order valence-corrected chi connectivity index (χ0v) is 16.0. The fourth-order valence-electron chi connectivity index (χ4n) is 3.38. The minimum absolute atomic E-state index is 0.126. The van der Waals surface area contributed by atoms with E-state index in [1.165, 1.54) is 12.3 Å². The van der Waals surface area contributed by atoms with E-state index in [9.17, 15) is 17.6 Å². The predicted octanol–water partition coefficient (Wildman–Crippen LogP) is 4.77. The Morgan fingerprint density at radius 3 is 2.55 bits per heavy atom. The molecule has 3 aromatic rings. The molecule has 0 radical (unpaired) electrons. The van der Waals surface area contributed by atoms with E-state index in [2.05, 4.69) is 25.5 Å². The molecule has 10 heteroatoms. The summed E-state index contributed by atoms with van der Waals surface area (Å²) in [6.45, 7) is 0.474. The molecule has 3 heterocycles. The second kappa shape index (κ2) is 7.66. The van der Waals surface area contributed by atoms with Crippen molar-refractivity contribution in [3.05, 3.63) is 53.0 Å². The number of hydrogen-bond acceptors (Lipinski definition) is 6. The summed E-state index contributed by atoms with van der Waals surface area (Å²) < 4.78 is 51.6. The number of anilines is 1. The van der Waals surface area contributed by atoms with Gasteiger partial charge in [-0.3, -0.25) is 4.98 Å². The van der Waals surface area contributed by atoms with Gasteiger partial charge < -0.3 is 5.32 Å². The van der Waals surface area contributed by atoms with Crippen molar-refractivity contribution >= 4 is 17.2 Å². The highest BCUT2D eigenvalue weighted by Gasteiger charge is 2.41. The zero-order valence-electron chi connectivity index (χ0n) is 15.2. The van der Waals surface area contributed by atoms with Gasteiger partial charge in [-0.1, -0.05) is 6.42 Å². The topological polar surface area (TPSA) is 63.6 Å². The van der Waals surface area contributed by atoms with Crippen molar-refractivity contribution in [2.75, 3.05) is 11.9 Å². The molecule has 4 rings (SSSR count). The van der Waals surface area contributed by atoms with Crippen LogP contribution < -0.4 is 5.32 Å². The molecule has 0 amide bonds. The quantitative estimate of drug-likeness (QED) is 0.579. The van der Waals surface area contributed by atoms with Crippen LogP contribution in [0.3, 0.4) is 0 Å². The first-order chi connectivity index (χ1) is 13.8. The molecule has 0 aromatic carbocycles. The van der Waals surface area contributed by atoms with Gasteiger partial charge in [0.15, 0.2) is 0 Å².